The number of rotatable bonds is 4. The van der Waals surface area contributed by atoms with Gasteiger partial charge in [0.25, 0.3) is 0 Å². The summed E-state index contributed by atoms with van der Waals surface area (Å²) in [7, 11) is 0. The average Bonchev–Trinajstić information content (AvgIpc) is 1.82. The summed E-state index contributed by atoms with van der Waals surface area (Å²) in [5.74, 6) is 0. The molecule has 0 aromatic heterocycles. The molecule has 0 saturated carbocycles. The highest BCUT2D eigenvalue weighted by molar-refractivity contribution is 4.62. The molecule has 12 heavy (non-hydrogen) atoms. The van der Waals surface area contributed by atoms with Gasteiger partial charge in [-0.2, -0.15) is 0 Å². The lowest BCUT2D eigenvalue weighted by Gasteiger charge is -2.18. The molecule has 76 valence electrons. The van der Waals surface area contributed by atoms with Gasteiger partial charge in [0.2, 0.25) is 6.54 Å². The van der Waals surface area contributed by atoms with Gasteiger partial charge in [0.15, 0.2) is 0 Å². The van der Waals surface area contributed by atoms with E-state index in [0.29, 0.717) is 0 Å². The number of aliphatic hydroxyl groups excluding tert-OH is 2. The molecule has 0 amide bonds. The molecule has 0 aliphatic rings. The normalized spacial score (nSPS) is 16.5. The molecule has 0 fully saturated rings. The lowest BCUT2D eigenvalue weighted by atomic mass is 10.1. The molecule has 0 aliphatic carbocycles. The first-order valence-electron chi connectivity index (χ1n) is 3.29. The van der Waals surface area contributed by atoms with Crippen molar-refractivity contribution in [3.8, 4) is 0 Å². The maximum atomic E-state index is 8.91. The molecule has 0 aromatic rings. The van der Waals surface area contributed by atoms with E-state index < -0.39 is 23.7 Å². The number of hydrogen-bond donors (Lipinski definition) is 5. The van der Waals surface area contributed by atoms with Crippen LogP contribution in [0.4, 0.5) is 0 Å². The molecule has 0 saturated heterocycles. The Hall–Kier alpha value is 0.0500. The Morgan fingerprint density at radius 3 is 1.75 bits per heavy atom. The van der Waals surface area contributed by atoms with Gasteiger partial charge in [0, 0.05) is 0 Å². The summed E-state index contributed by atoms with van der Waals surface area (Å²) in [5.41, 5.74) is 0. The van der Waals surface area contributed by atoms with Crippen LogP contribution in [-0.4, -0.2) is 49.6 Å². The van der Waals surface area contributed by atoms with Crippen LogP contribution in [0.15, 0.2) is 0 Å². The predicted octanol–water partition coefficient (Wildman–Crippen LogP) is -3.89. The van der Waals surface area contributed by atoms with E-state index >= 15 is 0 Å². The van der Waals surface area contributed by atoms with Crippen molar-refractivity contribution in [1.82, 2.24) is 0 Å². The lowest BCUT2D eigenvalue weighted by Crippen LogP contribution is -3.00. The van der Waals surface area contributed by atoms with E-state index in [1.54, 1.807) is 6.92 Å². The van der Waals surface area contributed by atoms with E-state index in [1.807, 2.05) is 0 Å². The molecule has 0 heterocycles. The SMILES string of the molecule is CCC(O)C(O)C[N+](O)(O)O.[Cl-]. The quantitative estimate of drug-likeness (QED) is 0.238. The largest absolute Gasteiger partial charge is 1.00 e. The zero-order chi connectivity index (χ0) is 9.07. The summed E-state index contributed by atoms with van der Waals surface area (Å²) >= 11 is 0. The fourth-order valence-corrected chi connectivity index (χ4v) is 0.645. The fourth-order valence-electron chi connectivity index (χ4n) is 0.645. The Morgan fingerprint density at radius 1 is 1.08 bits per heavy atom. The van der Waals surface area contributed by atoms with E-state index in [0.717, 1.165) is 0 Å². The zero-order valence-electron chi connectivity index (χ0n) is 6.63. The second-order valence-electron chi connectivity index (χ2n) is 2.42. The molecule has 0 spiro atoms. The topological polar surface area (TPSA) is 101 Å². The Kier molecular flexibility index (Phi) is 6.86. The van der Waals surface area contributed by atoms with Crippen LogP contribution in [0.3, 0.4) is 0 Å². The van der Waals surface area contributed by atoms with Gasteiger partial charge in [-0.25, -0.2) is 0 Å². The Morgan fingerprint density at radius 2 is 1.50 bits per heavy atom. The van der Waals surface area contributed by atoms with Crippen molar-refractivity contribution in [3.05, 3.63) is 0 Å². The smallest absolute Gasteiger partial charge is 0.205 e. The summed E-state index contributed by atoms with van der Waals surface area (Å²) in [6.45, 7) is 0.879. The summed E-state index contributed by atoms with van der Waals surface area (Å²) in [6.07, 6.45) is -2.12. The lowest BCUT2D eigenvalue weighted by molar-refractivity contribution is -1.37. The fraction of sp³-hybridized carbons (Fsp3) is 1.00. The molecule has 0 radical (unpaired) electrons. The van der Waals surface area contributed by atoms with Crippen LogP contribution in [0.2, 0.25) is 0 Å². The van der Waals surface area contributed by atoms with Crippen molar-refractivity contribution >= 4 is 0 Å². The van der Waals surface area contributed by atoms with Crippen molar-refractivity contribution in [2.75, 3.05) is 6.54 Å². The predicted molar refractivity (Wildman–Crippen MR) is 32.8 cm³/mol. The third-order valence-corrected chi connectivity index (χ3v) is 1.29. The van der Waals surface area contributed by atoms with E-state index in [4.69, 9.17) is 25.8 Å². The molecular formula is C5H14ClNO5. The molecule has 0 aromatic carbocycles. The Labute approximate surface area is 76.2 Å². The number of halogens is 1. The van der Waals surface area contributed by atoms with Crippen molar-refractivity contribution in [2.45, 2.75) is 25.6 Å². The molecule has 6 nitrogen and oxygen atoms in total. The molecule has 2 atom stereocenters. The summed E-state index contributed by atoms with van der Waals surface area (Å²) < 4.78 is 0. The first-order valence-corrected chi connectivity index (χ1v) is 3.29. The summed E-state index contributed by atoms with van der Waals surface area (Å²) in [6, 6.07) is 0. The van der Waals surface area contributed by atoms with Crippen LogP contribution in [0, 0.1) is 0 Å². The van der Waals surface area contributed by atoms with Gasteiger partial charge in [0.1, 0.15) is 6.10 Å². The average molecular weight is 204 g/mol. The molecule has 5 N–H and O–H groups in total. The van der Waals surface area contributed by atoms with Crippen LogP contribution in [0.5, 0.6) is 0 Å². The molecule has 7 heteroatoms. The highest BCUT2D eigenvalue weighted by Gasteiger charge is 2.28. The maximum Gasteiger partial charge on any atom is 0.205 e. The van der Waals surface area contributed by atoms with Crippen LogP contribution in [-0.2, 0) is 0 Å². The van der Waals surface area contributed by atoms with E-state index in [-0.39, 0.29) is 18.8 Å². The third-order valence-electron chi connectivity index (χ3n) is 1.29. The van der Waals surface area contributed by atoms with Gasteiger partial charge in [-0.1, -0.05) is 6.92 Å². The number of hydroxylamine groups is 3. The number of hydrogen-bond acceptors (Lipinski definition) is 5. The van der Waals surface area contributed by atoms with Crippen LogP contribution >= 0.6 is 0 Å². The standard InChI is InChI=1S/C5H14NO5.ClH/c1-2-4(7)5(8)3-6(9,10)11;/h4-5,7-11H,2-3H2,1H3;1H/q+1;/p-1. The van der Waals surface area contributed by atoms with Crippen molar-refractivity contribution in [1.29, 1.82) is 0 Å². The van der Waals surface area contributed by atoms with Crippen molar-refractivity contribution in [2.24, 2.45) is 0 Å². The van der Waals surface area contributed by atoms with E-state index in [2.05, 4.69) is 0 Å². The highest BCUT2D eigenvalue weighted by atomic mass is 35.5. The van der Waals surface area contributed by atoms with Crippen LogP contribution in [0.25, 0.3) is 0 Å². The van der Waals surface area contributed by atoms with Crippen LogP contribution in [0.1, 0.15) is 13.3 Å². The van der Waals surface area contributed by atoms with Crippen molar-refractivity contribution < 1.29 is 43.2 Å². The van der Waals surface area contributed by atoms with E-state index in [1.165, 1.54) is 0 Å². The minimum Gasteiger partial charge on any atom is -1.00 e. The first kappa shape index (κ1) is 14.6. The second kappa shape index (κ2) is 5.65. The zero-order valence-corrected chi connectivity index (χ0v) is 7.39. The van der Waals surface area contributed by atoms with Crippen molar-refractivity contribution in [3.63, 3.8) is 0 Å². The van der Waals surface area contributed by atoms with Crippen LogP contribution < -0.4 is 12.4 Å². The molecule has 0 aliphatic heterocycles. The third kappa shape index (κ3) is 6.74. The summed E-state index contributed by atoms with van der Waals surface area (Å²) in [4.78, 5) is -2.32. The minimum absolute atomic E-state index is 0. The summed E-state index contributed by atoms with van der Waals surface area (Å²) in [5, 5.41) is 42.7. The highest BCUT2D eigenvalue weighted by Crippen LogP contribution is 2.01. The molecule has 0 rings (SSSR count). The number of quaternary nitrogens is 1. The Bertz CT molecular complexity index is 117. The number of aliphatic hydroxyl groups is 2. The molecule has 0 bridgehead atoms. The molecular weight excluding hydrogens is 190 g/mol. The Balaban J connectivity index is 0. The number of nitrogens with zero attached hydrogens (tertiary/aromatic N) is 1. The van der Waals surface area contributed by atoms with Gasteiger partial charge in [-0.3, -0.25) is 0 Å². The first-order chi connectivity index (χ1) is 4.87. The van der Waals surface area contributed by atoms with Gasteiger partial charge >= 0.3 is 0 Å². The minimum atomic E-state index is -2.32. The second-order valence-corrected chi connectivity index (χ2v) is 2.42. The monoisotopic (exact) mass is 203 g/mol. The van der Waals surface area contributed by atoms with Gasteiger partial charge in [-0.05, 0) is 6.42 Å². The van der Waals surface area contributed by atoms with E-state index in [9.17, 15) is 0 Å². The van der Waals surface area contributed by atoms with Gasteiger partial charge in [0.05, 0.1) is 11.1 Å². The van der Waals surface area contributed by atoms with Gasteiger partial charge < -0.3 is 22.6 Å². The molecule has 2 unspecified atom stereocenters. The van der Waals surface area contributed by atoms with Gasteiger partial charge in [-0.15, -0.1) is 15.6 Å². The maximum absolute atomic E-state index is 8.91.